The molecule has 8 nitrogen and oxygen atoms in total. The van der Waals surface area contributed by atoms with Crippen LogP contribution < -0.4 is 44.9 Å². The van der Waals surface area contributed by atoms with E-state index in [1.165, 1.54) is 38.3 Å². The molecule has 10 heteroatoms. The molecule has 0 radical (unpaired) electrons. The molecule has 3 aromatic heterocycles. The van der Waals surface area contributed by atoms with Crippen LogP contribution in [0.2, 0.25) is 0 Å². The van der Waals surface area contributed by atoms with Crippen LogP contribution in [0.3, 0.4) is 0 Å². The Morgan fingerprint density at radius 3 is 2.29 bits per heavy atom. The van der Waals surface area contributed by atoms with Crippen molar-refractivity contribution in [1.82, 2.24) is 18.9 Å². The van der Waals surface area contributed by atoms with Gasteiger partial charge in [-0.3, -0.25) is 9.20 Å². The summed E-state index contributed by atoms with van der Waals surface area (Å²) in [6.07, 6.45) is 2.84. The molecule has 0 bridgehead atoms. The highest BCUT2D eigenvalue weighted by atomic mass is 35.5. The number of imidazole rings is 1. The number of halogens is 2. The number of ether oxygens (including phenoxy) is 1. The lowest BCUT2D eigenvalue weighted by Gasteiger charge is -2.29. The standard InChI is InChI=1S/C28H36N6O2.2ClH/c1-4-24-29-21(2)26-28(35)33(23-11-12-25(36-3)30-27(23)34(24)26)15-8-14-31-17-19-32(20-18-31)16-13-22-9-6-5-7-10-22;;/h5-7,9-12H,4,8,13-20H2,1-3H3;2*1H. The number of nitrogens with one attached hydrogen (secondary N) is 2. The second-order valence-electron chi connectivity index (χ2n) is 9.89. The lowest BCUT2D eigenvalue weighted by atomic mass is 10.1. The third-order valence-electron chi connectivity index (χ3n) is 7.61. The van der Waals surface area contributed by atoms with E-state index < -0.39 is 0 Å². The number of hydrogen-bond acceptors (Lipinski definition) is 4. The van der Waals surface area contributed by atoms with Gasteiger partial charge in [0.25, 0.3) is 5.56 Å². The third kappa shape index (κ3) is 6.15. The van der Waals surface area contributed by atoms with Crippen molar-refractivity contribution >= 4 is 16.7 Å². The number of aromatic nitrogens is 4. The first-order chi connectivity index (χ1) is 17.6. The fraction of sp³-hybridized carbons (Fsp3) is 0.464. The Morgan fingerprint density at radius 1 is 0.947 bits per heavy atom. The van der Waals surface area contributed by atoms with Crippen LogP contribution in [0.25, 0.3) is 16.7 Å². The molecule has 0 amide bonds. The number of aryl methyl sites for hydroxylation is 3. The van der Waals surface area contributed by atoms with Crippen LogP contribution in [-0.4, -0.2) is 65.3 Å². The van der Waals surface area contributed by atoms with E-state index in [0.29, 0.717) is 17.9 Å². The van der Waals surface area contributed by atoms with Crippen LogP contribution in [0.1, 0.15) is 30.4 Å². The Kier molecular flexibility index (Phi) is 10.6. The maximum Gasteiger partial charge on any atom is 0.277 e. The van der Waals surface area contributed by atoms with Gasteiger partial charge in [0, 0.05) is 31.9 Å². The van der Waals surface area contributed by atoms with Gasteiger partial charge in [-0.2, -0.15) is 4.98 Å². The van der Waals surface area contributed by atoms with Crippen LogP contribution in [-0.2, 0) is 19.4 Å². The van der Waals surface area contributed by atoms with Gasteiger partial charge in [-0.1, -0.05) is 37.3 Å². The number of quaternary nitrogens is 2. The summed E-state index contributed by atoms with van der Waals surface area (Å²) in [5, 5.41) is 0. The Balaban J connectivity index is 0.00000200. The highest BCUT2D eigenvalue weighted by Crippen LogP contribution is 2.20. The summed E-state index contributed by atoms with van der Waals surface area (Å²) in [5.74, 6) is 1.40. The van der Waals surface area contributed by atoms with Gasteiger partial charge in [0.05, 0.1) is 31.4 Å². The van der Waals surface area contributed by atoms with Gasteiger partial charge >= 0.3 is 0 Å². The highest BCUT2D eigenvalue weighted by molar-refractivity contribution is 5.77. The number of methoxy groups -OCH3 is 1. The van der Waals surface area contributed by atoms with Crippen LogP contribution >= 0.6 is 0 Å². The van der Waals surface area contributed by atoms with Crippen molar-refractivity contribution in [3.8, 4) is 5.88 Å². The molecule has 1 aliphatic rings. The highest BCUT2D eigenvalue weighted by Gasteiger charge is 2.23. The molecule has 2 N–H and O–H groups in total. The lowest BCUT2D eigenvalue weighted by Crippen LogP contribution is -3.28. The smallest absolute Gasteiger partial charge is 0.277 e. The number of nitrogens with zero attached hydrogens (tertiary/aromatic N) is 4. The first-order valence-corrected chi connectivity index (χ1v) is 13.3. The van der Waals surface area contributed by atoms with Gasteiger partial charge in [0.2, 0.25) is 5.88 Å². The Bertz CT molecular complexity index is 1400. The molecule has 1 aliphatic heterocycles. The molecule has 1 fully saturated rings. The summed E-state index contributed by atoms with van der Waals surface area (Å²) in [6, 6.07) is 14.6. The summed E-state index contributed by atoms with van der Waals surface area (Å²) in [7, 11) is 1.62. The van der Waals surface area contributed by atoms with Gasteiger partial charge in [0.1, 0.15) is 37.5 Å². The quantitative estimate of drug-likeness (QED) is 0.214. The van der Waals surface area contributed by atoms with Gasteiger partial charge < -0.3 is 43.9 Å². The fourth-order valence-corrected chi connectivity index (χ4v) is 5.59. The monoisotopic (exact) mass is 560 g/mol. The number of fused-ring (bicyclic) bond motifs is 3. The summed E-state index contributed by atoms with van der Waals surface area (Å²) in [6.45, 7) is 11.8. The normalized spacial score (nSPS) is 17.2. The van der Waals surface area contributed by atoms with Crippen molar-refractivity contribution in [2.45, 2.75) is 39.7 Å². The van der Waals surface area contributed by atoms with E-state index in [2.05, 4.69) is 42.2 Å². The van der Waals surface area contributed by atoms with Gasteiger partial charge in [-0.15, -0.1) is 0 Å². The van der Waals surface area contributed by atoms with E-state index >= 15 is 0 Å². The minimum atomic E-state index is 0. The minimum absolute atomic E-state index is 0. The van der Waals surface area contributed by atoms with Crippen LogP contribution in [0.4, 0.5) is 0 Å². The topological polar surface area (TPSA) is 70.3 Å². The molecule has 0 atom stereocenters. The summed E-state index contributed by atoms with van der Waals surface area (Å²) >= 11 is 0. The molecule has 38 heavy (non-hydrogen) atoms. The predicted molar refractivity (Wildman–Crippen MR) is 141 cm³/mol. The predicted octanol–water partition coefficient (Wildman–Crippen LogP) is -5.65. The number of piperazine rings is 1. The molecular formula is C28H38Cl2N6O2. The minimum Gasteiger partial charge on any atom is -1.00 e. The van der Waals surface area contributed by atoms with E-state index in [-0.39, 0.29) is 30.4 Å². The summed E-state index contributed by atoms with van der Waals surface area (Å²) < 4.78 is 9.22. The van der Waals surface area contributed by atoms with Gasteiger partial charge in [-0.25, -0.2) is 4.98 Å². The largest absolute Gasteiger partial charge is 1.00 e. The first kappa shape index (κ1) is 29.9. The maximum atomic E-state index is 13.6. The van der Waals surface area contributed by atoms with Crippen LogP contribution in [0.15, 0.2) is 47.3 Å². The second kappa shape index (κ2) is 13.4. The molecule has 5 rings (SSSR count). The number of rotatable bonds is 9. The molecule has 0 aliphatic carbocycles. The van der Waals surface area contributed by atoms with E-state index in [1.807, 2.05) is 28.0 Å². The van der Waals surface area contributed by atoms with Crippen molar-refractivity contribution in [2.75, 3.05) is 46.4 Å². The van der Waals surface area contributed by atoms with Gasteiger partial charge in [0.15, 0.2) is 5.65 Å². The molecule has 4 heterocycles. The van der Waals surface area contributed by atoms with Crippen molar-refractivity contribution in [3.05, 3.63) is 69.9 Å². The second-order valence-corrected chi connectivity index (χ2v) is 9.89. The van der Waals surface area contributed by atoms with E-state index in [1.54, 1.807) is 16.9 Å². The van der Waals surface area contributed by atoms with Crippen LogP contribution in [0, 0.1) is 6.92 Å². The Labute approximate surface area is 236 Å². The Morgan fingerprint density at radius 2 is 1.63 bits per heavy atom. The van der Waals surface area contributed by atoms with Crippen molar-refractivity contribution in [1.29, 1.82) is 0 Å². The van der Waals surface area contributed by atoms with Crippen molar-refractivity contribution in [2.24, 2.45) is 0 Å². The number of pyridine rings is 1. The van der Waals surface area contributed by atoms with E-state index in [4.69, 9.17) is 9.72 Å². The molecule has 1 aromatic carbocycles. The van der Waals surface area contributed by atoms with E-state index in [0.717, 1.165) is 48.5 Å². The van der Waals surface area contributed by atoms with Gasteiger partial charge in [-0.05, 0) is 18.6 Å². The number of hydrogen-bond donors (Lipinski definition) is 2. The summed E-state index contributed by atoms with van der Waals surface area (Å²) in [4.78, 5) is 26.3. The first-order valence-electron chi connectivity index (χ1n) is 13.3. The lowest BCUT2D eigenvalue weighted by molar-refractivity contribution is -1.01. The molecule has 0 spiro atoms. The third-order valence-corrected chi connectivity index (χ3v) is 7.61. The molecule has 4 aromatic rings. The molecule has 206 valence electrons. The fourth-order valence-electron chi connectivity index (χ4n) is 5.59. The maximum absolute atomic E-state index is 13.6. The van der Waals surface area contributed by atoms with E-state index in [9.17, 15) is 4.79 Å². The zero-order valence-corrected chi connectivity index (χ0v) is 24.0. The van der Waals surface area contributed by atoms with Crippen molar-refractivity contribution < 1.29 is 39.4 Å². The molecule has 1 saturated heterocycles. The van der Waals surface area contributed by atoms with Crippen molar-refractivity contribution in [3.63, 3.8) is 0 Å². The van der Waals surface area contributed by atoms with Crippen LogP contribution in [0.5, 0.6) is 5.88 Å². The zero-order valence-electron chi connectivity index (χ0n) is 22.5. The SMILES string of the molecule is CCc1nc(C)c2c(=O)n(CCC[NH+]3CC[NH+](CCc4ccccc4)CC3)c3ccc(OC)nc3n12.[Cl-].[Cl-]. The molecule has 0 saturated carbocycles. The average molecular weight is 562 g/mol. The summed E-state index contributed by atoms with van der Waals surface area (Å²) in [5.41, 5.74) is 4.42. The number of benzene rings is 1. The molecular weight excluding hydrogens is 523 g/mol. The molecule has 0 unspecified atom stereocenters. The zero-order chi connectivity index (χ0) is 25.1. The Hall–Kier alpha value is -2.65. The average Bonchev–Trinajstić information content (AvgIpc) is 3.27.